The normalized spacial score (nSPS) is 18.0. The SMILES string of the molecule is CCNC(Cc1c(C)nn(C)c1C)C1=CCCCCCC1. The van der Waals surface area contributed by atoms with Gasteiger partial charge in [0.05, 0.1) is 5.69 Å². The Hall–Kier alpha value is -1.09. The van der Waals surface area contributed by atoms with E-state index in [1.54, 1.807) is 5.57 Å². The van der Waals surface area contributed by atoms with E-state index in [2.05, 4.69) is 37.3 Å². The van der Waals surface area contributed by atoms with Gasteiger partial charge in [0.1, 0.15) is 0 Å². The van der Waals surface area contributed by atoms with Gasteiger partial charge in [0.15, 0.2) is 0 Å². The molecule has 0 radical (unpaired) electrons. The molecule has 1 heterocycles. The molecule has 0 fully saturated rings. The maximum absolute atomic E-state index is 4.57. The topological polar surface area (TPSA) is 29.9 Å². The number of rotatable bonds is 5. The van der Waals surface area contributed by atoms with Crippen LogP contribution in [0.5, 0.6) is 0 Å². The molecule has 0 saturated heterocycles. The van der Waals surface area contributed by atoms with Gasteiger partial charge < -0.3 is 5.32 Å². The maximum Gasteiger partial charge on any atom is 0.0629 e. The molecule has 3 nitrogen and oxygen atoms in total. The number of nitrogens with zero attached hydrogens (tertiary/aromatic N) is 2. The number of hydrogen-bond donors (Lipinski definition) is 1. The number of nitrogens with one attached hydrogen (secondary N) is 1. The van der Waals surface area contributed by atoms with Crippen LogP contribution in [0.3, 0.4) is 0 Å². The van der Waals surface area contributed by atoms with Gasteiger partial charge in [-0.15, -0.1) is 0 Å². The standard InChI is InChI=1S/C18H31N3/c1-5-19-18(16-11-9-7-6-8-10-12-16)13-17-14(2)20-21(4)15(17)3/h11,18-19H,5-10,12-13H2,1-4H3. The Morgan fingerprint density at radius 3 is 2.67 bits per heavy atom. The molecule has 1 unspecified atom stereocenters. The third-order valence-electron chi connectivity index (χ3n) is 4.79. The van der Waals surface area contributed by atoms with Crippen molar-refractivity contribution in [1.29, 1.82) is 0 Å². The predicted molar refractivity (Wildman–Crippen MR) is 89.6 cm³/mol. The molecule has 1 aliphatic rings. The zero-order valence-electron chi connectivity index (χ0n) is 14.2. The second-order valence-corrected chi connectivity index (χ2v) is 6.32. The van der Waals surface area contributed by atoms with E-state index in [1.807, 2.05) is 11.7 Å². The quantitative estimate of drug-likeness (QED) is 0.835. The zero-order chi connectivity index (χ0) is 15.2. The molecule has 21 heavy (non-hydrogen) atoms. The van der Waals surface area contributed by atoms with E-state index >= 15 is 0 Å². The molecule has 0 bridgehead atoms. The lowest BCUT2D eigenvalue weighted by molar-refractivity contribution is 0.534. The van der Waals surface area contributed by atoms with Crippen molar-refractivity contribution in [2.45, 2.75) is 71.8 Å². The van der Waals surface area contributed by atoms with Gasteiger partial charge in [0.2, 0.25) is 0 Å². The molecule has 118 valence electrons. The van der Waals surface area contributed by atoms with Crippen LogP contribution >= 0.6 is 0 Å². The summed E-state index contributed by atoms with van der Waals surface area (Å²) in [6.45, 7) is 7.56. The summed E-state index contributed by atoms with van der Waals surface area (Å²) in [6, 6.07) is 0.481. The highest BCUT2D eigenvalue weighted by molar-refractivity contribution is 5.28. The first-order valence-corrected chi connectivity index (χ1v) is 8.54. The van der Waals surface area contributed by atoms with Gasteiger partial charge in [0, 0.05) is 18.8 Å². The summed E-state index contributed by atoms with van der Waals surface area (Å²) in [5.74, 6) is 0. The molecule has 3 heteroatoms. The second-order valence-electron chi connectivity index (χ2n) is 6.32. The van der Waals surface area contributed by atoms with Crippen molar-refractivity contribution in [3.63, 3.8) is 0 Å². The Kier molecular flexibility index (Phi) is 6.04. The van der Waals surface area contributed by atoms with Gasteiger partial charge in [-0.3, -0.25) is 4.68 Å². The fourth-order valence-corrected chi connectivity index (χ4v) is 3.43. The summed E-state index contributed by atoms with van der Waals surface area (Å²) in [7, 11) is 2.04. The van der Waals surface area contributed by atoms with Crippen molar-refractivity contribution in [3.8, 4) is 0 Å². The van der Waals surface area contributed by atoms with Crippen molar-refractivity contribution in [3.05, 3.63) is 28.6 Å². The van der Waals surface area contributed by atoms with E-state index in [1.165, 1.54) is 55.5 Å². The largest absolute Gasteiger partial charge is 0.310 e. The molecule has 1 aromatic heterocycles. The van der Waals surface area contributed by atoms with Gasteiger partial charge in [-0.25, -0.2) is 0 Å². The highest BCUT2D eigenvalue weighted by Crippen LogP contribution is 2.23. The molecule has 0 amide bonds. The first kappa shape index (κ1) is 16.3. The number of hydrogen-bond acceptors (Lipinski definition) is 2. The predicted octanol–water partition coefficient (Wildman–Crippen LogP) is 3.84. The molecule has 0 aliphatic heterocycles. The highest BCUT2D eigenvalue weighted by Gasteiger charge is 2.19. The molecule has 1 aromatic rings. The Morgan fingerprint density at radius 2 is 2.00 bits per heavy atom. The van der Waals surface area contributed by atoms with Crippen LogP contribution in [0.15, 0.2) is 11.6 Å². The van der Waals surface area contributed by atoms with Gasteiger partial charge in [-0.2, -0.15) is 5.10 Å². The molecule has 1 atom stereocenters. The van der Waals surface area contributed by atoms with Crippen LogP contribution in [0.25, 0.3) is 0 Å². The van der Waals surface area contributed by atoms with Crippen molar-refractivity contribution >= 4 is 0 Å². The lowest BCUT2D eigenvalue weighted by atomic mass is 9.90. The third kappa shape index (κ3) is 4.19. The minimum Gasteiger partial charge on any atom is -0.310 e. The summed E-state index contributed by atoms with van der Waals surface area (Å²) in [5, 5.41) is 8.28. The summed E-state index contributed by atoms with van der Waals surface area (Å²) in [5.41, 5.74) is 5.54. The molecule has 1 aliphatic carbocycles. The number of allylic oxidation sites excluding steroid dienone is 1. The zero-order valence-corrected chi connectivity index (χ0v) is 14.2. The second kappa shape index (κ2) is 7.79. The Balaban J connectivity index is 2.17. The molecule has 1 N–H and O–H groups in total. The first-order valence-electron chi connectivity index (χ1n) is 8.54. The summed E-state index contributed by atoms with van der Waals surface area (Å²) in [6.07, 6.45) is 11.6. The fraction of sp³-hybridized carbons (Fsp3) is 0.722. The molecule has 0 aromatic carbocycles. The van der Waals surface area contributed by atoms with Crippen LogP contribution in [0.1, 0.15) is 62.4 Å². The minimum atomic E-state index is 0.481. The van der Waals surface area contributed by atoms with E-state index in [9.17, 15) is 0 Å². The van der Waals surface area contributed by atoms with Gasteiger partial charge >= 0.3 is 0 Å². The molecule has 2 rings (SSSR count). The van der Waals surface area contributed by atoms with Crippen LogP contribution in [0, 0.1) is 13.8 Å². The van der Waals surface area contributed by atoms with Gasteiger partial charge in [0.25, 0.3) is 0 Å². The van der Waals surface area contributed by atoms with Crippen LogP contribution < -0.4 is 5.32 Å². The molecular weight excluding hydrogens is 258 g/mol. The smallest absolute Gasteiger partial charge is 0.0629 e. The van der Waals surface area contributed by atoms with E-state index in [-0.39, 0.29) is 0 Å². The number of likely N-dealkylation sites (N-methyl/N-ethyl adjacent to an activating group) is 1. The van der Waals surface area contributed by atoms with Crippen molar-refractivity contribution in [2.75, 3.05) is 6.54 Å². The van der Waals surface area contributed by atoms with Crippen LogP contribution in [-0.2, 0) is 13.5 Å². The van der Waals surface area contributed by atoms with E-state index in [0.29, 0.717) is 6.04 Å². The van der Waals surface area contributed by atoms with Gasteiger partial charge in [-0.1, -0.05) is 31.4 Å². The fourth-order valence-electron chi connectivity index (χ4n) is 3.43. The summed E-state index contributed by atoms with van der Waals surface area (Å²) >= 11 is 0. The molecular formula is C18H31N3. The summed E-state index contributed by atoms with van der Waals surface area (Å²) < 4.78 is 2.01. The average Bonchev–Trinajstić information content (AvgIpc) is 2.64. The monoisotopic (exact) mass is 289 g/mol. The maximum atomic E-state index is 4.57. The van der Waals surface area contributed by atoms with E-state index < -0.39 is 0 Å². The Bertz CT molecular complexity index is 485. The highest BCUT2D eigenvalue weighted by atomic mass is 15.3. The van der Waals surface area contributed by atoms with Crippen molar-refractivity contribution < 1.29 is 0 Å². The van der Waals surface area contributed by atoms with E-state index in [4.69, 9.17) is 0 Å². The summed E-state index contributed by atoms with van der Waals surface area (Å²) in [4.78, 5) is 0. The Labute approximate surface area is 129 Å². The van der Waals surface area contributed by atoms with E-state index in [0.717, 1.165) is 13.0 Å². The Morgan fingerprint density at radius 1 is 1.24 bits per heavy atom. The molecule has 0 saturated carbocycles. The van der Waals surface area contributed by atoms with Crippen LogP contribution in [0.2, 0.25) is 0 Å². The van der Waals surface area contributed by atoms with Crippen molar-refractivity contribution in [1.82, 2.24) is 15.1 Å². The van der Waals surface area contributed by atoms with Crippen LogP contribution in [0.4, 0.5) is 0 Å². The number of aromatic nitrogens is 2. The lowest BCUT2D eigenvalue weighted by Crippen LogP contribution is -2.33. The van der Waals surface area contributed by atoms with Crippen LogP contribution in [-0.4, -0.2) is 22.4 Å². The molecule has 0 spiro atoms. The van der Waals surface area contributed by atoms with Crippen molar-refractivity contribution in [2.24, 2.45) is 7.05 Å². The third-order valence-corrected chi connectivity index (χ3v) is 4.79. The minimum absolute atomic E-state index is 0.481. The average molecular weight is 289 g/mol. The number of aryl methyl sites for hydroxylation is 2. The lowest BCUT2D eigenvalue weighted by Gasteiger charge is -2.23. The van der Waals surface area contributed by atoms with Gasteiger partial charge in [-0.05, 0) is 58.1 Å². The first-order chi connectivity index (χ1) is 10.1.